The van der Waals surface area contributed by atoms with Gasteiger partial charge in [0.05, 0.1) is 21.0 Å². The van der Waals surface area contributed by atoms with E-state index >= 15 is 0 Å². The van der Waals surface area contributed by atoms with Gasteiger partial charge in [-0.3, -0.25) is 10.1 Å². The van der Waals surface area contributed by atoms with E-state index in [4.69, 9.17) is 5.14 Å². The van der Waals surface area contributed by atoms with Crippen LogP contribution in [0, 0.1) is 10.1 Å². The summed E-state index contributed by atoms with van der Waals surface area (Å²) in [6.45, 7) is 0. The number of sulfonamides is 1. The minimum Gasteiger partial charge on any atom is -0.493 e. The highest BCUT2D eigenvalue weighted by atomic mass is 32.2. The van der Waals surface area contributed by atoms with Gasteiger partial charge in [-0.25, -0.2) is 8.42 Å². The lowest BCUT2D eigenvalue weighted by Crippen LogP contribution is -1.99. The quantitative estimate of drug-likeness (QED) is 0.414. The van der Waals surface area contributed by atoms with Gasteiger partial charge in [-0.2, -0.15) is 5.11 Å². The third kappa shape index (κ3) is 3.32. The van der Waals surface area contributed by atoms with Gasteiger partial charge in [0.15, 0.2) is 5.69 Å². The van der Waals surface area contributed by atoms with Crippen LogP contribution in [0.3, 0.4) is 0 Å². The lowest BCUT2D eigenvalue weighted by molar-refractivity contribution is -0.384. The Morgan fingerprint density at radius 1 is 1.12 bits per heavy atom. The van der Waals surface area contributed by atoms with E-state index in [9.17, 15) is 23.6 Å². The zero-order valence-electron chi connectivity index (χ0n) is 12.4. The molecule has 11 heteroatoms. The predicted molar refractivity (Wildman–Crippen MR) is 87.5 cm³/mol. The van der Waals surface area contributed by atoms with Crippen molar-refractivity contribution in [2.45, 2.75) is 4.90 Å². The molecule has 0 atom stereocenters. The number of non-ortho nitro benzene ring substituents is 1. The Balaban J connectivity index is 1.99. The third-order valence-electron chi connectivity index (χ3n) is 3.36. The molecule has 0 bridgehead atoms. The fourth-order valence-electron chi connectivity index (χ4n) is 2.17. The molecule has 3 rings (SSSR count). The first-order valence-corrected chi connectivity index (χ1v) is 8.24. The highest BCUT2D eigenvalue weighted by Crippen LogP contribution is 2.37. The van der Waals surface area contributed by atoms with Crippen LogP contribution >= 0.6 is 0 Å². The Bertz CT molecular complexity index is 1100. The van der Waals surface area contributed by atoms with Gasteiger partial charge >= 0.3 is 0 Å². The summed E-state index contributed by atoms with van der Waals surface area (Å²) in [6, 6.07) is 9.10. The van der Waals surface area contributed by atoms with Crippen LogP contribution in [0.2, 0.25) is 0 Å². The Morgan fingerprint density at radius 2 is 1.80 bits per heavy atom. The molecule has 0 unspecified atom stereocenters. The van der Waals surface area contributed by atoms with Crippen LogP contribution < -0.4 is 5.14 Å². The molecular weight excluding hydrogens is 350 g/mol. The van der Waals surface area contributed by atoms with Crippen molar-refractivity contribution in [3.63, 3.8) is 0 Å². The maximum Gasteiger partial charge on any atom is 0.270 e. The molecule has 0 saturated heterocycles. The molecule has 0 aliphatic rings. The van der Waals surface area contributed by atoms with Gasteiger partial charge < -0.3 is 10.1 Å². The predicted octanol–water partition coefficient (Wildman–Crippen LogP) is 3.17. The summed E-state index contributed by atoms with van der Waals surface area (Å²) < 4.78 is 22.2. The Labute approximate surface area is 140 Å². The molecule has 0 fully saturated rings. The second-order valence-electron chi connectivity index (χ2n) is 5.01. The molecule has 2 aromatic carbocycles. The molecule has 0 saturated carbocycles. The largest absolute Gasteiger partial charge is 0.493 e. The molecule has 1 aromatic heterocycles. The molecule has 0 amide bonds. The summed E-state index contributed by atoms with van der Waals surface area (Å²) in [7, 11) is -4.06. The van der Waals surface area contributed by atoms with Gasteiger partial charge in [-0.15, -0.1) is 10.3 Å². The second kappa shape index (κ2) is 5.96. The van der Waals surface area contributed by atoms with E-state index in [0.29, 0.717) is 10.9 Å². The standard InChI is InChI=1S/C14H10N5O5S/c15-25(23,24)10-4-1-8(2-5-10)17-18-13-11-7-9(19(21)22)3-6-12(11)16-14(13)20/h1-7,15-16,20H. The highest BCUT2D eigenvalue weighted by molar-refractivity contribution is 7.88. The minimum atomic E-state index is -4.06. The number of H-pyrrole nitrogens is 1. The third-order valence-corrected chi connectivity index (χ3v) is 4.25. The summed E-state index contributed by atoms with van der Waals surface area (Å²) >= 11 is 0. The lowest BCUT2D eigenvalue weighted by Gasteiger charge is -1.97. The van der Waals surface area contributed by atoms with Gasteiger partial charge in [-0.1, -0.05) is 0 Å². The molecule has 1 heterocycles. The number of nitro groups is 1. The summed E-state index contributed by atoms with van der Waals surface area (Å²) in [5, 5.41) is 35.8. The van der Waals surface area contributed by atoms with E-state index in [1.54, 1.807) is 0 Å². The summed E-state index contributed by atoms with van der Waals surface area (Å²) in [4.78, 5) is 12.8. The molecular formula is C14H10N5O5S. The highest BCUT2D eigenvalue weighted by Gasteiger charge is 2.15. The van der Waals surface area contributed by atoms with Crippen molar-refractivity contribution in [1.29, 1.82) is 0 Å². The zero-order chi connectivity index (χ0) is 18.2. The van der Waals surface area contributed by atoms with E-state index in [1.807, 2.05) is 0 Å². The Morgan fingerprint density at radius 3 is 2.40 bits per heavy atom. The molecule has 0 aliphatic carbocycles. The van der Waals surface area contributed by atoms with Crippen molar-refractivity contribution in [1.82, 2.24) is 10.1 Å². The van der Waals surface area contributed by atoms with Gasteiger partial charge in [0.1, 0.15) is 0 Å². The van der Waals surface area contributed by atoms with E-state index < -0.39 is 14.9 Å². The van der Waals surface area contributed by atoms with Crippen LogP contribution in [0.25, 0.3) is 10.9 Å². The molecule has 10 nitrogen and oxygen atoms in total. The summed E-state index contributed by atoms with van der Waals surface area (Å²) in [6.07, 6.45) is 0. The molecule has 127 valence electrons. The number of aromatic amines is 1. The maximum absolute atomic E-state index is 11.1. The van der Waals surface area contributed by atoms with Gasteiger partial charge in [-0.05, 0) is 30.3 Å². The normalized spacial score (nSPS) is 12.0. The zero-order valence-corrected chi connectivity index (χ0v) is 13.2. The fraction of sp³-hybridized carbons (Fsp3) is 0. The first-order chi connectivity index (χ1) is 11.8. The van der Waals surface area contributed by atoms with Crippen LogP contribution in [0.5, 0.6) is 5.88 Å². The van der Waals surface area contributed by atoms with Gasteiger partial charge in [0, 0.05) is 17.5 Å². The van der Waals surface area contributed by atoms with Crippen LogP contribution in [-0.4, -0.2) is 23.4 Å². The number of aromatic nitrogens is 1. The van der Waals surface area contributed by atoms with Crippen molar-refractivity contribution >= 4 is 38.0 Å². The molecule has 1 radical (unpaired) electrons. The summed E-state index contributed by atoms with van der Waals surface area (Å²) in [5.74, 6) is -0.301. The lowest BCUT2D eigenvalue weighted by atomic mass is 10.2. The van der Waals surface area contributed by atoms with Crippen molar-refractivity contribution < 1.29 is 18.4 Å². The number of fused-ring (bicyclic) bond motifs is 1. The van der Waals surface area contributed by atoms with Crippen LogP contribution in [0.4, 0.5) is 17.1 Å². The molecule has 3 aromatic rings. The first-order valence-electron chi connectivity index (χ1n) is 6.76. The Kier molecular flexibility index (Phi) is 3.94. The number of rotatable bonds is 4. The first kappa shape index (κ1) is 16.5. The topological polar surface area (TPSA) is 162 Å². The average Bonchev–Trinajstić information content (AvgIpc) is 2.87. The number of hydrogen-bond donors (Lipinski definition) is 2. The van der Waals surface area contributed by atoms with Gasteiger partial charge in [0.2, 0.25) is 5.88 Å². The van der Waals surface area contributed by atoms with E-state index in [0.717, 1.165) is 0 Å². The smallest absolute Gasteiger partial charge is 0.270 e. The average molecular weight is 360 g/mol. The number of azo groups is 1. The molecule has 0 spiro atoms. The number of aromatic hydroxyl groups is 1. The van der Waals surface area contributed by atoms with Crippen molar-refractivity contribution in [3.05, 3.63) is 52.6 Å². The van der Waals surface area contributed by atoms with E-state index in [-0.39, 0.29) is 27.8 Å². The Hall–Kier alpha value is -3.31. The molecule has 25 heavy (non-hydrogen) atoms. The van der Waals surface area contributed by atoms with Gasteiger partial charge in [0.25, 0.3) is 15.7 Å². The molecule has 3 N–H and O–H groups in total. The molecule has 0 aliphatic heterocycles. The maximum atomic E-state index is 11.1. The number of nitrogens with zero attached hydrogens (tertiary/aromatic N) is 3. The monoisotopic (exact) mass is 360 g/mol. The fourth-order valence-corrected chi connectivity index (χ4v) is 2.66. The number of hydrogen-bond acceptors (Lipinski definition) is 7. The van der Waals surface area contributed by atoms with E-state index in [2.05, 4.69) is 15.2 Å². The number of nitrogens with one attached hydrogen (secondary N) is 2. The summed E-state index contributed by atoms with van der Waals surface area (Å²) in [5.41, 5.74) is 0.600. The second-order valence-corrected chi connectivity index (χ2v) is 6.48. The van der Waals surface area contributed by atoms with Crippen molar-refractivity contribution in [2.24, 2.45) is 10.2 Å². The minimum absolute atomic E-state index is 0.0240. The van der Waals surface area contributed by atoms with Crippen LogP contribution in [0.15, 0.2) is 57.6 Å². The number of benzene rings is 2. The van der Waals surface area contributed by atoms with Crippen LogP contribution in [0.1, 0.15) is 0 Å². The van der Waals surface area contributed by atoms with E-state index in [1.165, 1.54) is 42.5 Å². The number of nitro benzene ring substituents is 1. The SMILES string of the molecule is [NH]S(=O)(=O)c1ccc(N=Nc2c(O)[nH]c3ccc([N+](=O)[O-])cc23)cc1. The van der Waals surface area contributed by atoms with Crippen molar-refractivity contribution in [3.8, 4) is 5.88 Å². The van der Waals surface area contributed by atoms with Crippen molar-refractivity contribution in [2.75, 3.05) is 0 Å². The van der Waals surface area contributed by atoms with Crippen LogP contribution in [-0.2, 0) is 10.0 Å².